The molecule has 0 aromatic heterocycles. The van der Waals surface area contributed by atoms with Crippen molar-refractivity contribution in [3.05, 3.63) is 34.6 Å². The van der Waals surface area contributed by atoms with Gasteiger partial charge in [-0.25, -0.2) is 4.39 Å². The van der Waals surface area contributed by atoms with Crippen LogP contribution in [0.15, 0.2) is 18.2 Å². The molecular formula is C15H21ClFNO. The fourth-order valence-electron chi connectivity index (χ4n) is 2.79. The lowest BCUT2D eigenvalue weighted by Crippen LogP contribution is -2.29. The highest BCUT2D eigenvalue weighted by molar-refractivity contribution is 6.31. The van der Waals surface area contributed by atoms with Gasteiger partial charge in [0.15, 0.2) is 0 Å². The highest BCUT2D eigenvalue weighted by atomic mass is 35.5. The van der Waals surface area contributed by atoms with Gasteiger partial charge in [-0.15, -0.1) is 0 Å². The van der Waals surface area contributed by atoms with Gasteiger partial charge in [0, 0.05) is 0 Å². The molecular weight excluding hydrogens is 265 g/mol. The van der Waals surface area contributed by atoms with Gasteiger partial charge in [-0.3, -0.25) is 0 Å². The predicted octanol–water partition coefficient (Wildman–Crippen LogP) is 3.76. The van der Waals surface area contributed by atoms with E-state index in [1.54, 1.807) is 12.1 Å². The molecule has 0 heterocycles. The van der Waals surface area contributed by atoms with E-state index in [2.05, 4.69) is 0 Å². The number of benzene rings is 1. The van der Waals surface area contributed by atoms with Crippen molar-refractivity contribution in [2.45, 2.75) is 32.3 Å². The summed E-state index contributed by atoms with van der Waals surface area (Å²) in [4.78, 5) is 0. The maximum absolute atomic E-state index is 13.3. The van der Waals surface area contributed by atoms with Crippen molar-refractivity contribution in [2.75, 3.05) is 13.2 Å². The van der Waals surface area contributed by atoms with Crippen molar-refractivity contribution in [1.29, 1.82) is 0 Å². The molecule has 0 aliphatic heterocycles. The normalized spacial score (nSPS) is 23.5. The molecule has 0 spiro atoms. The molecule has 1 saturated carbocycles. The average Bonchev–Trinajstić information content (AvgIpc) is 2.44. The zero-order valence-corrected chi connectivity index (χ0v) is 11.8. The van der Waals surface area contributed by atoms with Crippen LogP contribution in [0.2, 0.25) is 5.02 Å². The van der Waals surface area contributed by atoms with Crippen LogP contribution in [0.3, 0.4) is 0 Å². The Balaban J connectivity index is 1.84. The van der Waals surface area contributed by atoms with E-state index in [0.29, 0.717) is 30.6 Å². The Morgan fingerprint density at radius 2 is 2.00 bits per heavy atom. The van der Waals surface area contributed by atoms with E-state index < -0.39 is 0 Å². The lowest BCUT2D eigenvalue weighted by atomic mass is 9.80. The van der Waals surface area contributed by atoms with Crippen molar-refractivity contribution >= 4 is 11.6 Å². The first-order valence-electron chi connectivity index (χ1n) is 6.93. The van der Waals surface area contributed by atoms with Crippen LogP contribution in [-0.2, 0) is 11.3 Å². The highest BCUT2D eigenvalue weighted by Crippen LogP contribution is 2.30. The zero-order valence-electron chi connectivity index (χ0n) is 11.1. The summed E-state index contributed by atoms with van der Waals surface area (Å²) in [5, 5.41) is 0.168. The molecule has 2 rings (SSSR count). The van der Waals surface area contributed by atoms with Crippen molar-refractivity contribution in [2.24, 2.45) is 17.6 Å². The number of ether oxygens (including phenoxy) is 1. The summed E-state index contributed by atoms with van der Waals surface area (Å²) >= 11 is 5.90. The summed E-state index contributed by atoms with van der Waals surface area (Å²) in [6.07, 6.45) is 4.91. The molecule has 0 saturated heterocycles. The van der Waals surface area contributed by atoms with Crippen molar-refractivity contribution in [3.63, 3.8) is 0 Å². The van der Waals surface area contributed by atoms with Gasteiger partial charge in [-0.05, 0) is 42.9 Å². The van der Waals surface area contributed by atoms with Gasteiger partial charge in [0.05, 0.1) is 18.2 Å². The second-order valence-corrected chi connectivity index (χ2v) is 5.65. The quantitative estimate of drug-likeness (QED) is 0.894. The Hall–Kier alpha value is -0.640. The van der Waals surface area contributed by atoms with Crippen LogP contribution in [0.4, 0.5) is 4.39 Å². The number of rotatable bonds is 5. The lowest BCUT2D eigenvalue weighted by Gasteiger charge is -2.30. The molecule has 1 aromatic carbocycles. The van der Waals surface area contributed by atoms with E-state index in [9.17, 15) is 4.39 Å². The SMILES string of the molecule is NCC1CCCCC1COCc1cccc(F)c1Cl. The number of hydrogen-bond donors (Lipinski definition) is 1. The van der Waals surface area contributed by atoms with Gasteiger partial charge < -0.3 is 10.5 Å². The topological polar surface area (TPSA) is 35.2 Å². The maximum Gasteiger partial charge on any atom is 0.142 e. The average molecular weight is 286 g/mol. The van der Waals surface area contributed by atoms with Crippen LogP contribution in [0.25, 0.3) is 0 Å². The number of hydrogen-bond acceptors (Lipinski definition) is 2. The second kappa shape index (κ2) is 7.22. The van der Waals surface area contributed by atoms with Crippen molar-refractivity contribution in [3.8, 4) is 0 Å². The third kappa shape index (κ3) is 3.91. The first-order chi connectivity index (χ1) is 9.22. The monoisotopic (exact) mass is 285 g/mol. The minimum absolute atomic E-state index is 0.168. The first kappa shape index (κ1) is 14.8. The predicted molar refractivity (Wildman–Crippen MR) is 75.6 cm³/mol. The minimum Gasteiger partial charge on any atom is -0.376 e. The highest BCUT2D eigenvalue weighted by Gasteiger charge is 2.24. The molecule has 4 heteroatoms. The summed E-state index contributed by atoms with van der Waals surface area (Å²) in [6.45, 7) is 1.79. The lowest BCUT2D eigenvalue weighted by molar-refractivity contribution is 0.0511. The molecule has 1 aliphatic carbocycles. The molecule has 19 heavy (non-hydrogen) atoms. The third-order valence-electron chi connectivity index (χ3n) is 3.99. The van der Waals surface area contributed by atoms with E-state index in [-0.39, 0.29) is 10.8 Å². The number of nitrogens with two attached hydrogens (primary N) is 1. The number of halogens is 2. The Morgan fingerprint density at radius 1 is 1.26 bits per heavy atom. The fraction of sp³-hybridized carbons (Fsp3) is 0.600. The van der Waals surface area contributed by atoms with Gasteiger partial charge >= 0.3 is 0 Å². The molecule has 1 aliphatic rings. The molecule has 1 fully saturated rings. The molecule has 106 valence electrons. The van der Waals surface area contributed by atoms with Crippen LogP contribution in [0.5, 0.6) is 0 Å². The van der Waals surface area contributed by atoms with Crippen LogP contribution in [0.1, 0.15) is 31.2 Å². The van der Waals surface area contributed by atoms with Gasteiger partial charge in [0.2, 0.25) is 0 Å². The van der Waals surface area contributed by atoms with Crippen LogP contribution in [-0.4, -0.2) is 13.2 Å². The summed E-state index contributed by atoms with van der Waals surface area (Å²) in [5.74, 6) is 0.711. The Bertz CT molecular complexity index is 413. The smallest absolute Gasteiger partial charge is 0.142 e. The van der Waals surface area contributed by atoms with Crippen molar-refractivity contribution in [1.82, 2.24) is 0 Å². The Kier molecular flexibility index (Phi) is 5.61. The van der Waals surface area contributed by atoms with Gasteiger partial charge in [0.1, 0.15) is 5.82 Å². The molecule has 1 aromatic rings. The first-order valence-corrected chi connectivity index (χ1v) is 7.31. The van der Waals surface area contributed by atoms with Gasteiger partial charge in [-0.2, -0.15) is 0 Å². The molecule has 2 nitrogen and oxygen atoms in total. The second-order valence-electron chi connectivity index (χ2n) is 5.27. The summed E-state index contributed by atoms with van der Waals surface area (Å²) in [5.41, 5.74) is 6.50. The van der Waals surface area contributed by atoms with E-state index >= 15 is 0 Å². The van der Waals surface area contributed by atoms with E-state index in [1.165, 1.54) is 31.7 Å². The molecule has 0 radical (unpaired) electrons. The third-order valence-corrected chi connectivity index (χ3v) is 4.41. The Morgan fingerprint density at radius 3 is 2.74 bits per heavy atom. The minimum atomic E-state index is -0.389. The van der Waals surface area contributed by atoms with Crippen LogP contribution < -0.4 is 5.73 Å². The molecule has 0 amide bonds. The summed E-state index contributed by atoms with van der Waals surface area (Å²) < 4.78 is 19.0. The molecule has 0 bridgehead atoms. The summed E-state index contributed by atoms with van der Waals surface area (Å²) in [7, 11) is 0. The standard InChI is InChI=1S/C15H21ClFNO/c16-15-13(6-3-7-14(15)17)10-19-9-12-5-2-1-4-11(12)8-18/h3,6-7,11-12H,1-2,4-5,8-10,18H2. The molecule has 2 atom stereocenters. The van der Waals surface area contributed by atoms with Crippen LogP contribution >= 0.6 is 11.6 Å². The van der Waals surface area contributed by atoms with Gasteiger partial charge in [-0.1, -0.05) is 36.6 Å². The van der Waals surface area contributed by atoms with Crippen molar-refractivity contribution < 1.29 is 9.13 Å². The largest absolute Gasteiger partial charge is 0.376 e. The van der Waals surface area contributed by atoms with E-state index in [4.69, 9.17) is 22.1 Å². The zero-order chi connectivity index (χ0) is 13.7. The maximum atomic E-state index is 13.3. The fourth-order valence-corrected chi connectivity index (χ4v) is 2.97. The van der Waals surface area contributed by atoms with E-state index in [0.717, 1.165) is 6.54 Å². The summed E-state index contributed by atoms with van der Waals surface area (Å²) in [6, 6.07) is 4.81. The Labute approximate surface area is 119 Å². The molecule has 2 N–H and O–H groups in total. The molecule has 2 unspecified atom stereocenters. The van der Waals surface area contributed by atoms with Crippen LogP contribution in [0, 0.1) is 17.7 Å². The van der Waals surface area contributed by atoms with E-state index in [1.807, 2.05) is 0 Å². The van der Waals surface area contributed by atoms with Gasteiger partial charge in [0.25, 0.3) is 0 Å².